The molecule has 0 aliphatic rings. The van der Waals surface area contributed by atoms with Crippen LogP contribution in [-0.2, 0) is 0 Å². The average Bonchev–Trinajstić information content (AvgIpc) is 2.36. The third-order valence-electron chi connectivity index (χ3n) is 2.40. The summed E-state index contributed by atoms with van der Waals surface area (Å²) in [5.74, 6) is 0.611. The highest BCUT2D eigenvalue weighted by molar-refractivity contribution is 6.36. The van der Waals surface area contributed by atoms with Crippen LogP contribution in [0, 0.1) is 0 Å². The van der Waals surface area contributed by atoms with E-state index < -0.39 is 0 Å². The van der Waals surface area contributed by atoms with Gasteiger partial charge in [-0.15, -0.1) is 0 Å². The van der Waals surface area contributed by atoms with E-state index in [1.54, 1.807) is 18.3 Å². The van der Waals surface area contributed by atoms with E-state index in [1.807, 2.05) is 12.1 Å². The molecule has 0 atom stereocenters. The molecule has 1 aromatic heterocycles. The molecule has 1 N–H and O–H groups in total. The molecule has 0 amide bonds. The number of benzene rings is 1. The molecule has 1 aromatic carbocycles. The van der Waals surface area contributed by atoms with Crippen molar-refractivity contribution in [1.29, 1.82) is 0 Å². The lowest BCUT2D eigenvalue weighted by Crippen LogP contribution is -2.04. The van der Waals surface area contributed by atoms with Gasteiger partial charge in [0.1, 0.15) is 0 Å². The Labute approximate surface area is 116 Å². The van der Waals surface area contributed by atoms with Crippen LogP contribution in [0.3, 0.4) is 0 Å². The highest BCUT2D eigenvalue weighted by atomic mass is 35.5. The lowest BCUT2D eigenvalue weighted by molar-refractivity contribution is 0.953. The number of hydrogen-bond donors (Lipinski definition) is 1. The minimum Gasteiger partial charge on any atom is -0.354 e. The second kappa shape index (κ2) is 6.03. The minimum absolute atomic E-state index is 0.586. The number of nitrogens with zero attached hydrogens (tertiary/aromatic N) is 2. The van der Waals surface area contributed by atoms with Crippen LogP contribution >= 0.6 is 23.2 Å². The molecule has 0 fully saturated rings. The van der Waals surface area contributed by atoms with Crippen molar-refractivity contribution in [1.82, 2.24) is 9.97 Å². The first-order valence-electron chi connectivity index (χ1n) is 5.73. The van der Waals surface area contributed by atoms with Crippen molar-refractivity contribution in [2.75, 3.05) is 11.9 Å². The van der Waals surface area contributed by atoms with Crippen LogP contribution in [0.15, 0.2) is 30.5 Å². The van der Waals surface area contributed by atoms with E-state index >= 15 is 0 Å². The van der Waals surface area contributed by atoms with Gasteiger partial charge in [0, 0.05) is 23.3 Å². The van der Waals surface area contributed by atoms with Crippen molar-refractivity contribution in [2.45, 2.75) is 13.3 Å². The summed E-state index contributed by atoms with van der Waals surface area (Å²) in [5, 5.41) is 4.34. The highest BCUT2D eigenvalue weighted by Gasteiger charge is 2.06. The SMILES string of the molecule is CCCNc1nccc(-c2ccc(Cl)cc2Cl)n1. The van der Waals surface area contributed by atoms with Gasteiger partial charge in [-0.05, 0) is 30.7 Å². The Morgan fingerprint density at radius 3 is 2.78 bits per heavy atom. The maximum absolute atomic E-state index is 6.16. The Hall–Kier alpha value is -1.32. The normalized spacial score (nSPS) is 10.4. The van der Waals surface area contributed by atoms with Crippen LogP contribution in [0.4, 0.5) is 5.95 Å². The lowest BCUT2D eigenvalue weighted by atomic mass is 10.1. The first kappa shape index (κ1) is 13.1. The second-order valence-electron chi connectivity index (χ2n) is 3.82. The summed E-state index contributed by atoms with van der Waals surface area (Å²) >= 11 is 12.0. The van der Waals surface area contributed by atoms with Crippen molar-refractivity contribution < 1.29 is 0 Å². The van der Waals surface area contributed by atoms with E-state index in [1.165, 1.54) is 0 Å². The molecule has 18 heavy (non-hydrogen) atoms. The molecular formula is C13H13Cl2N3. The topological polar surface area (TPSA) is 37.8 Å². The Bertz CT molecular complexity index is 544. The zero-order chi connectivity index (χ0) is 13.0. The molecule has 0 bridgehead atoms. The number of nitrogens with one attached hydrogen (secondary N) is 1. The summed E-state index contributed by atoms with van der Waals surface area (Å²) in [6.07, 6.45) is 2.74. The van der Waals surface area contributed by atoms with E-state index in [9.17, 15) is 0 Å². The molecule has 5 heteroatoms. The van der Waals surface area contributed by atoms with Crippen molar-refractivity contribution in [3.8, 4) is 11.3 Å². The van der Waals surface area contributed by atoms with Crippen LogP contribution in [0.5, 0.6) is 0 Å². The molecule has 0 saturated carbocycles. The van der Waals surface area contributed by atoms with E-state index in [0.29, 0.717) is 16.0 Å². The number of hydrogen-bond acceptors (Lipinski definition) is 3. The quantitative estimate of drug-likeness (QED) is 0.909. The summed E-state index contributed by atoms with van der Waals surface area (Å²) in [5.41, 5.74) is 1.63. The van der Waals surface area contributed by atoms with Crippen LogP contribution in [0.2, 0.25) is 10.0 Å². The number of anilines is 1. The molecule has 0 saturated heterocycles. The van der Waals surface area contributed by atoms with Gasteiger partial charge >= 0.3 is 0 Å². The Kier molecular flexibility index (Phi) is 4.39. The predicted molar refractivity (Wildman–Crippen MR) is 76.3 cm³/mol. The van der Waals surface area contributed by atoms with Gasteiger partial charge in [-0.25, -0.2) is 9.97 Å². The fourth-order valence-electron chi connectivity index (χ4n) is 1.53. The first-order valence-corrected chi connectivity index (χ1v) is 6.48. The minimum atomic E-state index is 0.586. The zero-order valence-corrected chi connectivity index (χ0v) is 11.5. The van der Waals surface area contributed by atoms with Gasteiger partial charge in [0.05, 0.1) is 10.7 Å². The number of rotatable bonds is 4. The molecule has 2 rings (SSSR count). The summed E-state index contributed by atoms with van der Waals surface area (Å²) in [4.78, 5) is 8.58. The molecule has 0 spiro atoms. The van der Waals surface area contributed by atoms with Crippen LogP contribution in [0.25, 0.3) is 11.3 Å². The Balaban J connectivity index is 2.32. The molecule has 3 nitrogen and oxygen atoms in total. The van der Waals surface area contributed by atoms with Gasteiger partial charge in [0.15, 0.2) is 0 Å². The monoisotopic (exact) mass is 281 g/mol. The van der Waals surface area contributed by atoms with Gasteiger partial charge in [0.2, 0.25) is 5.95 Å². The smallest absolute Gasteiger partial charge is 0.223 e. The van der Waals surface area contributed by atoms with Gasteiger partial charge in [-0.2, -0.15) is 0 Å². The standard InChI is InChI=1S/C13H13Cl2N3/c1-2-6-16-13-17-7-5-12(18-13)10-4-3-9(14)8-11(10)15/h3-5,7-8H,2,6H2,1H3,(H,16,17,18). The molecule has 0 unspecified atom stereocenters. The van der Waals surface area contributed by atoms with Crippen molar-refractivity contribution >= 4 is 29.2 Å². The summed E-state index contributed by atoms with van der Waals surface area (Å²) < 4.78 is 0. The fourth-order valence-corrected chi connectivity index (χ4v) is 2.03. The van der Waals surface area contributed by atoms with E-state index in [-0.39, 0.29) is 0 Å². The number of halogens is 2. The molecular weight excluding hydrogens is 269 g/mol. The van der Waals surface area contributed by atoms with Gasteiger partial charge < -0.3 is 5.32 Å². The molecule has 0 aliphatic carbocycles. The van der Waals surface area contributed by atoms with Crippen LogP contribution in [-0.4, -0.2) is 16.5 Å². The van der Waals surface area contributed by atoms with E-state index in [4.69, 9.17) is 23.2 Å². The molecule has 2 aromatic rings. The lowest BCUT2D eigenvalue weighted by Gasteiger charge is -2.07. The predicted octanol–water partition coefficient (Wildman–Crippen LogP) is 4.27. The number of aromatic nitrogens is 2. The van der Waals surface area contributed by atoms with Crippen LogP contribution < -0.4 is 5.32 Å². The Morgan fingerprint density at radius 2 is 2.06 bits per heavy atom. The Morgan fingerprint density at radius 1 is 1.22 bits per heavy atom. The summed E-state index contributed by atoms with van der Waals surface area (Å²) in [6.45, 7) is 2.94. The average molecular weight is 282 g/mol. The first-order chi connectivity index (χ1) is 8.70. The third kappa shape index (κ3) is 3.12. The third-order valence-corrected chi connectivity index (χ3v) is 2.94. The van der Waals surface area contributed by atoms with Crippen LogP contribution in [0.1, 0.15) is 13.3 Å². The molecule has 1 heterocycles. The second-order valence-corrected chi connectivity index (χ2v) is 4.66. The zero-order valence-electron chi connectivity index (χ0n) is 9.95. The summed E-state index contributed by atoms with van der Waals surface area (Å²) in [7, 11) is 0. The van der Waals surface area contributed by atoms with E-state index in [0.717, 1.165) is 24.2 Å². The molecule has 0 radical (unpaired) electrons. The van der Waals surface area contributed by atoms with Gasteiger partial charge in [0.25, 0.3) is 0 Å². The van der Waals surface area contributed by atoms with Crippen molar-refractivity contribution in [3.63, 3.8) is 0 Å². The maximum atomic E-state index is 6.16. The fraction of sp³-hybridized carbons (Fsp3) is 0.231. The van der Waals surface area contributed by atoms with Gasteiger partial charge in [-0.1, -0.05) is 30.1 Å². The molecule has 94 valence electrons. The van der Waals surface area contributed by atoms with Gasteiger partial charge in [-0.3, -0.25) is 0 Å². The van der Waals surface area contributed by atoms with Crippen molar-refractivity contribution in [3.05, 3.63) is 40.5 Å². The molecule has 0 aliphatic heterocycles. The van der Waals surface area contributed by atoms with Crippen molar-refractivity contribution in [2.24, 2.45) is 0 Å². The maximum Gasteiger partial charge on any atom is 0.223 e. The summed E-state index contributed by atoms with van der Waals surface area (Å²) in [6, 6.07) is 7.19. The highest BCUT2D eigenvalue weighted by Crippen LogP contribution is 2.29. The van der Waals surface area contributed by atoms with E-state index in [2.05, 4.69) is 22.2 Å². The largest absolute Gasteiger partial charge is 0.354 e.